The molecule has 2 fully saturated rings. The van der Waals surface area contributed by atoms with Crippen molar-refractivity contribution in [3.8, 4) is 50.2 Å². The second-order valence-electron chi connectivity index (χ2n) is 21.8. The zero-order valence-corrected chi connectivity index (χ0v) is 42.7. The van der Waals surface area contributed by atoms with Crippen LogP contribution in [-0.4, -0.2) is 4.57 Å². The summed E-state index contributed by atoms with van der Waals surface area (Å²) in [5.74, 6) is 2.92. The highest BCUT2D eigenvalue weighted by molar-refractivity contribution is 7.26. The number of aromatic nitrogens is 1. The second-order valence-corrected chi connectivity index (χ2v) is 22.9. The number of anilines is 3. The predicted octanol–water partition coefficient (Wildman–Crippen LogP) is 20.0. The third-order valence-electron chi connectivity index (χ3n) is 17.7. The second kappa shape index (κ2) is 17.0. The molecule has 1 spiro atoms. The highest BCUT2D eigenvalue weighted by Gasteiger charge is 2.56. The van der Waals surface area contributed by atoms with Gasteiger partial charge in [0.1, 0.15) is 0 Å². The van der Waals surface area contributed by atoms with E-state index >= 15 is 0 Å². The quantitative estimate of drug-likeness (QED) is 0.155. The van der Waals surface area contributed by atoms with Gasteiger partial charge in [-0.3, -0.25) is 0 Å². The van der Waals surface area contributed by atoms with Crippen LogP contribution in [0, 0.1) is 23.7 Å². The van der Waals surface area contributed by atoms with Crippen molar-refractivity contribution in [1.82, 2.24) is 4.57 Å². The molecule has 3 aliphatic carbocycles. The van der Waals surface area contributed by atoms with E-state index < -0.39 is 0 Å². The maximum absolute atomic E-state index is 2.60. The van der Waals surface area contributed by atoms with Crippen molar-refractivity contribution in [3.63, 3.8) is 0 Å². The molecular formula is C71H56N2S. The largest absolute Gasteiger partial charge is 0.309 e. The van der Waals surface area contributed by atoms with E-state index in [4.69, 9.17) is 0 Å². The Labute approximate surface area is 437 Å². The first-order chi connectivity index (χ1) is 36.5. The molecule has 3 heteroatoms. The Hall–Kier alpha value is -7.98. The lowest BCUT2D eigenvalue weighted by Gasteiger charge is -2.54. The van der Waals surface area contributed by atoms with Crippen molar-refractivity contribution < 1.29 is 0 Å². The molecule has 356 valence electrons. The van der Waals surface area contributed by atoms with Gasteiger partial charge >= 0.3 is 0 Å². The summed E-state index contributed by atoms with van der Waals surface area (Å²) in [6, 6.07) is 86.8. The molecule has 5 atom stereocenters. The molecule has 2 nitrogen and oxygen atoms in total. The van der Waals surface area contributed by atoms with E-state index in [1.54, 1.807) is 11.1 Å². The lowest BCUT2D eigenvalue weighted by atomic mass is 9.49. The first-order valence-electron chi connectivity index (χ1n) is 26.8. The van der Waals surface area contributed by atoms with Crippen molar-refractivity contribution in [1.29, 1.82) is 0 Å². The van der Waals surface area contributed by atoms with Crippen LogP contribution in [0.25, 0.3) is 92.2 Å². The molecular weight excluding hydrogens is 913 g/mol. The minimum absolute atomic E-state index is 0.0716. The number of benzene rings is 10. The lowest BCUT2D eigenvalue weighted by Crippen LogP contribution is -2.49. The number of nitrogens with zero attached hydrogens (tertiary/aromatic N) is 2. The number of rotatable bonds is 7. The Morgan fingerprint density at radius 2 is 1.09 bits per heavy atom. The third kappa shape index (κ3) is 6.62. The Balaban J connectivity index is 0.895. The smallest absolute Gasteiger partial charge is 0.0646 e. The van der Waals surface area contributed by atoms with Gasteiger partial charge in [-0.15, -0.1) is 11.3 Å². The highest BCUT2D eigenvalue weighted by atomic mass is 32.1. The molecule has 0 aliphatic heterocycles. The van der Waals surface area contributed by atoms with Gasteiger partial charge in [0.25, 0.3) is 0 Å². The van der Waals surface area contributed by atoms with Crippen LogP contribution >= 0.6 is 11.3 Å². The van der Waals surface area contributed by atoms with Crippen LogP contribution in [0.1, 0.15) is 50.7 Å². The predicted molar refractivity (Wildman–Crippen MR) is 315 cm³/mol. The fourth-order valence-electron chi connectivity index (χ4n) is 14.8. The molecule has 0 radical (unpaired) electrons. The van der Waals surface area contributed by atoms with E-state index in [0.717, 1.165) is 28.9 Å². The normalized spacial score (nSPS) is 19.9. The standard InChI is InChI=1S/C71H56N2S/c1-45-37-47-39-46(2)71(54(38-45)40-47)62-26-12-9-23-57(62)58-36-35-52(43-63(58)71)50-33-31-49(32-34-50)51-19-15-22-56(41-51)73(66-29-16-28-65-69(66)60-25-10-13-27-64(60)72(65)55-20-7-4-8-21-55)67-44-53(48-17-5-3-6-18-48)42-61-59-24-11-14-30-68(59)74-70(61)67/h3-36,41-47,54H,37-40H2,1-2H3. The molecule has 0 saturated heterocycles. The molecule has 12 aromatic rings. The van der Waals surface area contributed by atoms with Gasteiger partial charge in [-0.2, -0.15) is 0 Å². The van der Waals surface area contributed by atoms with Crippen molar-refractivity contribution in [2.45, 2.75) is 44.9 Å². The van der Waals surface area contributed by atoms with Gasteiger partial charge < -0.3 is 9.47 Å². The fraction of sp³-hybridized carbons (Fsp3) is 0.155. The van der Waals surface area contributed by atoms with Crippen molar-refractivity contribution in [3.05, 3.63) is 242 Å². The highest BCUT2D eigenvalue weighted by Crippen LogP contribution is 2.65. The fourth-order valence-corrected chi connectivity index (χ4v) is 16.0. The lowest BCUT2D eigenvalue weighted by molar-refractivity contribution is 0.0426. The Morgan fingerprint density at radius 1 is 0.446 bits per heavy atom. The summed E-state index contributed by atoms with van der Waals surface area (Å²) >= 11 is 1.89. The molecule has 74 heavy (non-hydrogen) atoms. The van der Waals surface area contributed by atoms with Crippen LogP contribution in [0.4, 0.5) is 17.1 Å². The molecule has 2 saturated carbocycles. The molecule has 2 bridgehead atoms. The van der Waals surface area contributed by atoms with E-state index in [0.29, 0.717) is 11.8 Å². The number of thiophene rings is 1. The number of para-hydroxylation sites is 2. The van der Waals surface area contributed by atoms with Crippen LogP contribution in [0.5, 0.6) is 0 Å². The van der Waals surface area contributed by atoms with E-state index in [1.165, 1.54) is 118 Å². The van der Waals surface area contributed by atoms with Crippen LogP contribution in [0.15, 0.2) is 231 Å². The van der Waals surface area contributed by atoms with Crippen LogP contribution < -0.4 is 4.90 Å². The van der Waals surface area contributed by atoms with Gasteiger partial charge in [0.05, 0.1) is 27.1 Å². The zero-order valence-electron chi connectivity index (χ0n) is 41.9. The van der Waals surface area contributed by atoms with Gasteiger partial charge in [-0.1, -0.05) is 178 Å². The summed E-state index contributed by atoms with van der Waals surface area (Å²) in [6.07, 6.45) is 5.40. The number of hydrogen-bond donors (Lipinski definition) is 0. The van der Waals surface area contributed by atoms with E-state index in [1.807, 2.05) is 11.3 Å². The molecule has 5 unspecified atom stereocenters. The molecule has 3 aliphatic rings. The van der Waals surface area contributed by atoms with Crippen LogP contribution in [0.2, 0.25) is 0 Å². The monoisotopic (exact) mass is 968 g/mol. The van der Waals surface area contributed by atoms with Crippen LogP contribution in [0.3, 0.4) is 0 Å². The summed E-state index contributed by atoms with van der Waals surface area (Å²) in [4.78, 5) is 2.56. The van der Waals surface area contributed by atoms with E-state index in [-0.39, 0.29) is 5.41 Å². The third-order valence-corrected chi connectivity index (χ3v) is 18.9. The van der Waals surface area contributed by atoms with Gasteiger partial charge in [0.2, 0.25) is 0 Å². The summed E-state index contributed by atoms with van der Waals surface area (Å²) in [6.45, 7) is 5.09. The average Bonchev–Trinajstić information content (AvgIpc) is 4.10. The SMILES string of the molecule is CC1CC2CC(C)C3(c4ccccc4-c4ccc(-c5ccc(-c6cccc(N(c7cc(-c8ccccc8)cc8c7sc7ccccc78)c7cccc8c7c7ccccc7n8-c7ccccc7)c6)cc5)cc43)C(C1)C2. The molecule has 15 rings (SSSR count). The van der Waals surface area contributed by atoms with E-state index in [9.17, 15) is 0 Å². The topological polar surface area (TPSA) is 8.17 Å². The molecule has 10 aromatic carbocycles. The van der Waals surface area contributed by atoms with Gasteiger partial charge in [0, 0.05) is 43.0 Å². The first kappa shape index (κ1) is 43.6. The van der Waals surface area contributed by atoms with Crippen molar-refractivity contribution >= 4 is 70.4 Å². The zero-order chi connectivity index (χ0) is 49.1. The number of hydrogen-bond acceptors (Lipinski definition) is 2. The number of fused-ring (bicyclic) bond motifs is 14. The molecule has 2 aromatic heterocycles. The van der Waals surface area contributed by atoms with Crippen molar-refractivity contribution in [2.75, 3.05) is 4.90 Å². The molecule has 2 heterocycles. The average molecular weight is 969 g/mol. The van der Waals surface area contributed by atoms with Crippen molar-refractivity contribution in [2.24, 2.45) is 23.7 Å². The summed E-state index contributed by atoms with van der Waals surface area (Å²) in [7, 11) is 0. The molecule has 0 N–H and O–H groups in total. The summed E-state index contributed by atoms with van der Waals surface area (Å²) < 4.78 is 4.99. The Kier molecular flexibility index (Phi) is 10.0. The summed E-state index contributed by atoms with van der Waals surface area (Å²) in [5, 5.41) is 5.00. The minimum Gasteiger partial charge on any atom is -0.309 e. The van der Waals surface area contributed by atoms with Gasteiger partial charge in [0.15, 0.2) is 0 Å². The molecule has 0 amide bonds. The maximum Gasteiger partial charge on any atom is 0.0646 e. The minimum atomic E-state index is 0.0716. The van der Waals surface area contributed by atoms with Gasteiger partial charge in [-0.05, 0) is 172 Å². The first-order valence-corrected chi connectivity index (χ1v) is 27.6. The Morgan fingerprint density at radius 3 is 1.93 bits per heavy atom. The Bertz CT molecular complexity index is 4140. The van der Waals surface area contributed by atoms with Gasteiger partial charge in [-0.25, -0.2) is 0 Å². The summed E-state index contributed by atoms with van der Waals surface area (Å²) in [5.41, 5.74) is 20.4. The maximum atomic E-state index is 2.60. The van der Waals surface area contributed by atoms with Crippen LogP contribution in [-0.2, 0) is 5.41 Å². The van der Waals surface area contributed by atoms with E-state index in [2.05, 4.69) is 254 Å².